The van der Waals surface area contributed by atoms with Gasteiger partial charge < -0.3 is 19.8 Å². The fourth-order valence-electron chi connectivity index (χ4n) is 2.76. The number of anilines is 1. The number of hydrogen-bond donors (Lipinski definition) is 1. The second-order valence-corrected chi connectivity index (χ2v) is 6.70. The number of hydrogen-bond acceptors (Lipinski definition) is 4. The Morgan fingerprint density at radius 3 is 2.44 bits per heavy atom. The van der Waals surface area contributed by atoms with Crippen molar-refractivity contribution in [1.82, 2.24) is 9.80 Å². The first kappa shape index (κ1) is 19.2. The summed E-state index contributed by atoms with van der Waals surface area (Å²) >= 11 is 5.86. The Morgan fingerprint density at radius 1 is 1.24 bits per heavy atom. The van der Waals surface area contributed by atoms with Crippen molar-refractivity contribution in [1.29, 1.82) is 0 Å². The molecule has 136 valence electrons. The minimum absolute atomic E-state index is 0.267. The summed E-state index contributed by atoms with van der Waals surface area (Å²) in [7, 11) is 3.68. The molecule has 1 aliphatic heterocycles. The molecule has 25 heavy (non-hydrogen) atoms. The van der Waals surface area contributed by atoms with Crippen molar-refractivity contribution in [3.63, 3.8) is 0 Å². The maximum Gasteiger partial charge on any atom is 0.323 e. The molecular formula is C17H22ClN3O4. The van der Waals surface area contributed by atoms with E-state index in [1.807, 2.05) is 19.0 Å². The zero-order valence-electron chi connectivity index (χ0n) is 14.3. The first-order chi connectivity index (χ1) is 11.8. The predicted octanol–water partition coefficient (Wildman–Crippen LogP) is 1.17. The lowest BCUT2D eigenvalue weighted by molar-refractivity contribution is -0.148. The van der Waals surface area contributed by atoms with E-state index in [-0.39, 0.29) is 12.5 Å². The average Bonchev–Trinajstić information content (AvgIpc) is 2.92. The van der Waals surface area contributed by atoms with E-state index in [0.29, 0.717) is 30.2 Å². The summed E-state index contributed by atoms with van der Waals surface area (Å²) in [5.74, 6) is -2.65. The zero-order valence-corrected chi connectivity index (χ0v) is 15.1. The van der Waals surface area contributed by atoms with Crippen LogP contribution in [0.15, 0.2) is 24.3 Å². The summed E-state index contributed by atoms with van der Waals surface area (Å²) in [6.45, 7) is 0.812. The molecule has 1 heterocycles. The highest BCUT2D eigenvalue weighted by Gasteiger charge is 2.40. The van der Waals surface area contributed by atoms with E-state index < -0.39 is 24.3 Å². The summed E-state index contributed by atoms with van der Waals surface area (Å²) in [5.41, 5.74) is 0.683. The van der Waals surface area contributed by atoms with Crippen molar-refractivity contribution >= 4 is 35.1 Å². The quantitative estimate of drug-likeness (QED) is 0.731. The predicted molar refractivity (Wildman–Crippen MR) is 94.7 cm³/mol. The van der Waals surface area contributed by atoms with E-state index in [0.717, 1.165) is 0 Å². The third-order valence-electron chi connectivity index (χ3n) is 4.10. The molecule has 8 heteroatoms. The van der Waals surface area contributed by atoms with E-state index in [1.54, 1.807) is 29.2 Å². The van der Waals surface area contributed by atoms with Crippen LogP contribution in [0.1, 0.15) is 6.42 Å². The highest BCUT2D eigenvalue weighted by molar-refractivity contribution is 6.30. The Morgan fingerprint density at radius 2 is 1.88 bits per heavy atom. The van der Waals surface area contributed by atoms with E-state index in [2.05, 4.69) is 0 Å². The molecule has 0 radical (unpaired) electrons. The van der Waals surface area contributed by atoms with E-state index in [9.17, 15) is 14.4 Å². The van der Waals surface area contributed by atoms with Crippen molar-refractivity contribution in [3.8, 4) is 0 Å². The molecule has 0 bridgehead atoms. The van der Waals surface area contributed by atoms with Crippen LogP contribution in [0.25, 0.3) is 0 Å². The average molecular weight is 368 g/mol. The fraction of sp³-hybridized carbons (Fsp3) is 0.471. The second kappa shape index (κ2) is 8.31. The molecule has 1 aliphatic rings. The van der Waals surface area contributed by atoms with Gasteiger partial charge in [0.1, 0.15) is 12.5 Å². The van der Waals surface area contributed by atoms with Gasteiger partial charge in [-0.15, -0.1) is 0 Å². The van der Waals surface area contributed by atoms with Crippen molar-refractivity contribution in [2.75, 3.05) is 45.2 Å². The number of carboxylic acid groups (broad SMARTS) is 1. The summed E-state index contributed by atoms with van der Waals surface area (Å²) in [6.07, 6.45) is 0.373. The van der Waals surface area contributed by atoms with Gasteiger partial charge >= 0.3 is 5.97 Å². The van der Waals surface area contributed by atoms with Crippen LogP contribution in [0, 0.1) is 5.92 Å². The van der Waals surface area contributed by atoms with Crippen LogP contribution in [0.2, 0.25) is 5.02 Å². The highest BCUT2D eigenvalue weighted by atomic mass is 35.5. The van der Waals surface area contributed by atoms with Crippen LogP contribution in [0.4, 0.5) is 5.69 Å². The normalized spacial score (nSPS) is 17.2. The largest absolute Gasteiger partial charge is 0.480 e. The summed E-state index contributed by atoms with van der Waals surface area (Å²) in [4.78, 5) is 41.1. The Bertz CT molecular complexity index is 648. The summed E-state index contributed by atoms with van der Waals surface area (Å²) in [6, 6.07) is 6.84. The van der Waals surface area contributed by atoms with Gasteiger partial charge in [0.2, 0.25) is 11.8 Å². The lowest BCUT2D eigenvalue weighted by atomic mass is 10.1. The number of amides is 2. The number of carbonyl (C=O) groups is 3. The molecule has 0 aromatic heterocycles. The zero-order chi connectivity index (χ0) is 18.6. The molecule has 0 spiro atoms. The first-order valence-electron chi connectivity index (χ1n) is 8.02. The Hall–Kier alpha value is -2.12. The molecule has 1 atom stereocenters. The molecule has 1 aromatic rings. The maximum atomic E-state index is 12.7. The minimum Gasteiger partial charge on any atom is -0.480 e. The van der Waals surface area contributed by atoms with Crippen LogP contribution in [-0.4, -0.2) is 73.0 Å². The van der Waals surface area contributed by atoms with Gasteiger partial charge in [-0.2, -0.15) is 0 Å². The van der Waals surface area contributed by atoms with Gasteiger partial charge in [0.15, 0.2) is 0 Å². The Kier molecular flexibility index (Phi) is 6.39. The SMILES string of the molecule is CN(C)CCN(CC(=O)O)C(=O)[C@@H]1CCN(c2ccc(Cl)cc2)C1=O. The Labute approximate surface area is 151 Å². The van der Waals surface area contributed by atoms with E-state index in [1.165, 1.54) is 4.90 Å². The topological polar surface area (TPSA) is 81.2 Å². The van der Waals surface area contributed by atoms with Gasteiger partial charge in [-0.05, 0) is 44.8 Å². The molecule has 2 amide bonds. The molecule has 0 saturated carbocycles. The van der Waals surface area contributed by atoms with Crippen LogP contribution in [-0.2, 0) is 14.4 Å². The third-order valence-corrected chi connectivity index (χ3v) is 4.35. The molecule has 1 saturated heterocycles. The van der Waals surface area contributed by atoms with E-state index >= 15 is 0 Å². The fourth-order valence-corrected chi connectivity index (χ4v) is 2.88. The van der Waals surface area contributed by atoms with E-state index in [4.69, 9.17) is 16.7 Å². The molecule has 1 N–H and O–H groups in total. The lowest BCUT2D eigenvalue weighted by Gasteiger charge is -2.25. The van der Waals surface area contributed by atoms with Crippen LogP contribution < -0.4 is 4.90 Å². The first-order valence-corrected chi connectivity index (χ1v) is 8.39. The van der Waals surface area contributed by atoms with Gasteiger partial charge in [0, 0.05) is 30.3 Å². The summed E-state index contributed by atoms with van der Waals surface area (Å²) in [5, 5.41) is 9.62. The molecule has 0 unspecified atom stereocenters. The van der Waals surface area contributed by atoms with Gasteiger partial charge in [-0.3, -0.25) is 14.4 Å². The minimum atomic E-state index is -1.09. The molecule has 7 nitrogen and oxygen atoms in total. The molecule has 1 aromatic carbocycles. The second-order valence-electron chi connectivity index (χ2n) is 6.26. The molecular weight excluding hydrogens is 346 g/mol. The van der Waals surface area contributed by atoms with Crippen molar-refractivity contribution < 1.29 is 19.5 Å². The van der Waals surface area contributed by atoms with Gasteiger partial charge in [-0.25, -0.2) is 0 Å². The highest BCUT2D eigenvalue weighted by Crippen LogP contribution is 2.27. The number of nitrogens with zero attached hydrogens (tertiary/aromatic N) is 3. The Balaban J connectivity index is 2.10. The molecule has 1 fully saturated rings. The lowest BCUT2D eigenvalue weighted by Crippen LogP contribution is -2.45. The van der Waals surface area contributed by atoms with Crippen LogP contribution >= 0.6 is 11.6 Å². The van der Waals surface area contributed by atoms with Gasteiger partial charge in [-0.1, -0.05) is 11.6 Å². The summed E-state index contributed by atoms with van der Waals surface area (Å²) < 4.78 is 0. The van der Waals surface area contributed by atoms with Crippen LogP contribution in [0.3, 0.4) is 0 Å². The number of carbonyl (C=O) groups excluding carboxylic acids is 2. The van der Waals surface area contributed by atoms with Crippen LogP contribution in [0.5, 0.6) is 0 Å². The number of halogens is 1. The number of likely N-dealkylation sites (N-methyl/N-ethyl adjacent to an activating group) is 1. The molecule has 2 rings (SSSR count). The molecule has 0 aliphatic carbocycles. The standard InChI is InChI=1S/C17H22ClN3O4/c1-19(2)9-10-20(11-15(22)23)16(24)14-7-8-21(17(14)25)13-5-3-12(18)4-6-13/h3-6,14H,7-11H2,1-2H3,(H,22,23)/t14-/m0/s1. The number of benzene rings is 1. The third kappa shape index (κ3) is 4.93. The van der Waals surface area contributed by atoms with Crippen molar-refractivity contribution in [2.45, 2.75) is 6.42 Å². The van der Waals surface area contributed by atoms with Crippen molar-refractivity contribution in [2.24, 2.45) is 5.92 Å². The van der Waals surface area contributed by atoms with Gasteiger partial charge in [0.05, 0.1) is 0 Å². The van der Waals surface area contributed by atoms with Crippen molar-refractivity contribution in [3.05, 3.63) is 29.3 Å². The number of carboxylic acids is 1. The number of aliphatic carboxylic acids is 1. The maximum absolute atomic E-state index is 12.7. The number of rotatable bonds is 7. The smallest absolute Gasteiger partial charge is 0.323 e. The van der Waals surface area contributed by atoms with Gasteiger partial charge in [0.25, 0.3) is 0 Å². The monoisotopic (exact) mass is 367 g/mol.